The molecule has 0 amide bonds. The monoisotopic (exact) mass is 251 g/mol. The van der Waals surface area contributed by atoms with Gasteiger partial charge in [0.05, 0.1) is 6.61 Å². The summed E-state index contributed by atoms with van der Waals surface area (Å²) in [5.74, 6) is 0.723. The van der Waals surface area contributed by atoms with Crippen molar-refractivity contribution in [2.24, 2.45) is 5.73 Å². The fraction of sp³-hybridized carbons (Fsp3) is 0.273. The Morgan fingerprint density at radius 3 is 2.94 bits per heavy atom. The second-order valence-corrected chi connectivity index (χ2v) is 4.10. The Hall–Kier alpha value is -1.50. The SMILES string of the molecule is NC(O)CCOc1ccccc1-c1csnn1. The molecule has 2 aromatic rings. The summed E-state index contributed by atoms with van der Waals surface area (Å²) in [7, 11) is 0. The highest BCUT2D eigenvalue weighted by atomic mass is 32.1. The number of ether oxygens (including phenoxy) is 1. The predicted octanol–water partition coefficient (Wildman–Crippen LogP) is 1.25. The van der Waals surface area contributed by atoms with Crippen molar-refractivity contribution >= 4 is 11.5 Å². The van der Waals surface area contributed by atoms with E-state index in [0.29, 0.717) is 13.0 Å². The Balaban J connectivity index is 2.11. The van der Waals surface area contributed by atoms with Crippen LogP contribution >= 0.6 is 11.5 Å². The Morgan fingerprint density at radius 1 is 1.41 bits per heavy atom. The number of aliphatic hydroxyl groups excluding tert-OH is 1. The van der Waals surface area contributed by atoms with Crippen LogP contribution in [0.2, 0.25) is 0 Å². The molecule has 1 aromatic heterocycles. The van der Waals surface area contributed by atoms with Crippen molar-refractivity contribution in [3.63, 3.8) is 0 Å². The molecule has 90 valence electrons. The van der Waals surface area contributed by atoms with Crippen LogP contribution in [0.3, 0.4) is 0 Å². The maximum absolute atomic E-state index is 8.96. The van der Waals surface area contributed by atoms with Crippen LogP contribution in [0, 0.1) is 0 Å². The Morgan fingerprint density at radius 2 is 2.24 bits per heavy atom. The second-order valence-electron chi connectivity index (χ2n) is 3.49. The van der Waals surface area contributed by atoms with Gasteiger partial charge in [0.2, 0.25) is 0 Å². The molecular formula is C11H13N3O2S. The van der Waals surface area contributed by atoms with Crippen molar-refractivity contribution < 1.29 is 9.84 Å². The minimum Gasteiger partial charge on any atom is -0.493 e. The van der Waals surface area contributed by atoms with E-state index in [1.807, 2.05) is 29.6 Å². The van der Waals surface area contributed by atoms with Crippen LogP contribution in [0.1, 0.15) is 6.42 Å². The summed E-state index contributed by atoms with van der Waals surface area (Å²) in [5, 5.41) is 14.8. The van der Waals surface area contributed by atoms with Gasteiger partial charge in [-0.25, -0.2) is 0 Å². The van der Waals surface area contributed by atoms with E-state index in [2.05, 4.69) is 9.59 Å². The van der Waals surface area contributed by atoms with Gasteiger partial charge in [0.15, 0.2) is 0 Å². The summed E-state index contributed by atoms with van der Waals surface area (Å²) in [6.07, 6.45) is -0.452. The molecular weight excluding hydrogens is 238 g/mol. The molecule has 17 heavy (non-hydrogen) atoms. The molecule has 0 spiro atoms. The first kappa shape index (κ1) is 12.0. The number of benzene rings is 1. The van der Waals surface area contributed by atoms with E-state index in [0.717, 1.165) is 17.0 Å². The minimum atomic E-state index is -0.844. The van der Waals surface area contributed by atoms with Gasteiger partial charge in [-0.05, 0) is 23.7 Å². The standard InChI is InChI=1S/C11H13N3O2S/c12-11(15)5-6-16-10-4-2-1-3-8(10)9-7-17-14-13-9/h1-4,7,11,15H,5-6,12H2. The van der Waals surface area contributed by atoms with E-state index in [1.54, 1.807) is 0 Å². The maximum atomic E-state index is 8.96. The molecule has 0 aliphatic heterocycles. The van der Waals surface area contributed by atoms with E-state index in [4.69, 9.17) is 15.6 Å². The number of aromatic nitrogens is 2. The molecule has 0 aliphatic rings. The van der Waals surface area contributed by atoms with Crippen LogP contribution in [0.4, 0.5) is 0 Å². The number of rotatable bonds is 5. The summed E-state index contributed by atoms with van der Waals surface area (Å²) in [4.78, 5) is 0. The first-order valence-corrected chi connectivity index (χ1v) is 6.04. The van der Waals surface area contributed by atoms with Crippen LogP contribution in [0.25, 0.3) is 11.3 Å². The average molecular weight is 251 g/mol. The van der Waals surface area contributed by atoms with Crippen molar-refractivity contribution in [2.45, 2.75) is 12.6 Å². The van der Waals surface area contributed by atoms with Gasteiger partial charge in [0.1, 0.15) is 17.7 Å². The number of hydrogen-bond acceptors (Lipinski definition) is 6. The largest absolute Gasteiger partial charge is 0.493 e. The summed E-state index contributed by atoms with van der Waals surface area (Å²) < 4.78 is 9.39. The number of nitrogens with two attached hydrogens (primary N) is 1. The Labute approximate surface area is 103 Å². The molecule has 0 bridgehead atoms. The van der Waals surface area contributed by atoms with Gasteiger partial charge in [-0.1, -0.05) is 16.6 Å². The highest BCUT2D eigenvalue weighted by molar-refractivity contribution is 7.03. The fourth-order valence-electron chi connectivity index (χ4n) is 1.38. The third kappa shape index (κ3) is 3.23. The summed E-state index contributed by atoms with van der Waals surface area (Å²) in [6, 6.07) is 7.58. The number of hydrogen-bond donors (Lipinski definition) is 2. The lowest BCUT2D eigenvalue weighted by molar-refractivity contribution is 0.145. The minimum absolute atomic E-state index is 0.367. The first-order chi connectivity index (χ1) is 8.27. The average Bonchev–Trinajstić information content (AvgIpc) is 2.82. The normalized spacial score (nSPS) is 12.4. The van der Waals surface area contributed by atoms with E-state index >= 15 is 0 Å². The fourth-order valence-corrected chi connectivity index (χ4v) is 1.83. The molecule has 6 heteroatoms. The van der Waals surface area contributed by atoms with Crippen LogP contribution < -0.4 is 10.5 Å². The van der Waals surface area contributed by atoms with Gasteiger partial charge in [-0.3, -0.25) is 0 Å². The second kappa shape index (κ2) is 5.72. The molecule has 1 heterocycles. The van der Waals surface area contributed by atoms with Gasteiger partial charge < -0.3 is 15.6 Å². The van der Waals surface area contributed by atoms with Crippen LogP contribution in [-0.2, 0) is 0 Å². The van der Waals surface area contributed by atoms with Crippen LogP contribution in [0.5, 0.6) is 5.75 Å². The molecule has 2 rings (SSSR count). The number of para-hydroxylation sites is 1. The molecule has 0 fully saturated rings. The lowest BCUT2D eigenvalue weighted by Gasteiger charge is -2.10. The van der Waals surface area contributed by atoms with E-state index < -0.39 is 6.23 Å². The summed E-state index contributed by atoms with van der Waals surface area (Å²) in [5.41, 5.74) is 6.93. The molecule has 0 saturated heterocycles. The highest BCUT2D eigenvalue weighted by Crippen LogP contribution is 2.28. The van der Waals surface area contributed by atoms with Gasteiger partial charge in [0, 0.05) is 17.4 Å². The molecule has 0 saturated carbocycles. The van der Waals surface area contributed by atoms with Crippen LogP contribution in [-0.4, -0.2) is 27.5 Å². The zero-order chi connectivity index (χ0) is 12.1. The Bertz CT molecular complexity index is 459. The molecule has 0 aliphatic carbocycles. The van der Waals surface area contributed by atoms with Gasteiger partial charge in [-0.2, -0.15) is 0 Å². The van der Waals surface area contributed by atoms with E-state index in [-0.39, 0.29) is 0 Å². The lowest BCUT2D eigenvalue weighted by Crippen LogP contribution is -2.21. The van der Waals surface area contributed by atoms with Crippen molar-refractivity contribution in [3.8, 4) is 17.0 Å². The first-order valence-electron chi connectivity index (χ1n) is 5.20. The molecule has 5 nitrogen and oxygen atoms in total. The van der Waals surface area contributed by atoms with Gasteiger partial charge in [-0.15, -0.1) is 5.10 Å². The maximum Gasteiger partial charge on any atom is 0.128 e. The molecule has 3 N–H and O–H groups in total. The lowest BCUT2D eigenvalue weighted by atomic mass is 10.1. The topological polar surface area (TPSA) is 81.3 Å². The smallest absolute Gasteiger partial charge is 0.128 e. The highest BCUT2D eigenvalue weighted by Gasteiger charge is 2.08. The van der Waals surface area contributed by atoms with E-state index in [1.165, 1.54) is 11.5 Å². The molecule has 1 aromatic carbocycles. The van der Waals surface area contributed by atoms with Gasteiger partial charge in [0.25, 0.3) is 0 Å². The van der Waals surface area contributed by atoms with E-state index in [9.17, 15) is 0 Å². The molecule has 1 unspecified atom stereocenters. The summed E-state index contributed by atoms with van der Waals surface area (Å²) >= 11 is 1.30. The Kier molecular flexibility index (Phi) is 4.03. The van der Waals surface area contributed by atoms with Crippen LogP contribution in [0.15, 0.2) is 29.6 Å². The quantitative estimate of drug-likeness (QED) is 0.782. The summed E-state index contributed by atoms with van der Waals surface area (Å²) in [6.45, 7) is 0.367. The van der Waals surface area contributed by atoms with Crippen molar-refractivity contribution in [1.82, 2.24) is 9.59 Å². The number of aliphatic hydroxyl groups is 1. The van der Waals surface area contributed by atoms with Crippen molar-refractivity contribution in [2.75, 3.05) is 6.61 Å². The third-order valence-electron chi connectivity index (χ3n) is 2.19. The predicted molar refractivity (Wildman–Crippen MR) is 65.7 cm³/mol. The molecule has 1 atom stereocenters. The number of nitrogens with zero attached hydrogens (tertiary/aromatic N) is 2. The van der Waals surface area contributed by atoms with Crippen molar-refractivity contribution in [3.05, 3.63) is 29.6 Å². The molecule has 0 radical (unpaired) electrons. The van der Waals surface area contributed by atoms with Crippen molar-refractivity contribution in [1.29, 1.82) is 0 Å². The van der Waals surface area contributed by atoms with Gasteiger partial charge >= 0.3 is 0 Å². The zero-order valence-electron chi connectivity index (χ0n) is 9.11. The zero-order valence-corrected chi connectivity index (χ0v) is 9.93. The third-order valence-corrected chi connectivity index (χ3v) is 2.70.